The van der Waals surface area contributed by atoms with Crippen molar-refractivity contribution in [3.63, 3.8) is 0 Å². The van der Waals surface area contributed by atoms with Crippen LogP contribution in [0.1, 0.15) is 60.8 Å². The summed E-state index contributed by atoms with van der Waals surface area (Å²) in [6.45, 7) is 4.01. The monoisotopic (exact) mass is 564 g/mol. The Morgan fingerprint density at radius 3 is 2.41 bits per heavy atom. The molecule has 0 radical (unpaired) electrons. The van der Waals surface area contributed by atoms with Gasteiger partial charge in [-0.15, -0.1) is 5.10 Å². The Bertz CT molecular complexity index is 1750. The van der Waals surface area contributed by atoms with Crippen molar-refractivity contribution < 1.29 is 4.39 Å². The van der Waals surface area contributed by atoms with Gasteiger partial charge in [-0.05, 0) is 49.2 Å². The van der Waals surface area contributed by atoms with Crippen LogP contribution in [-0.2, 0) is 0 Å². The largest absolute Gasteiger partial charge is 0.376 e. The van der Waals surface area contributed by atoms with Crippen molar-refractivity contribution in [2.75, 3.05) is 10.6 Å². The molecule has 3 aromatic carbocycles. The fourth-order valence-electron chi connectivity index (χ4n) is 4.61. The van der Waals surface area contributed by atoms with Crippen LogP contribution in [0.5, 0.6) is 0 Å². The molecule has 2 atom stereocenters. The first kappa shape index (κ1) is 27.6. The third-order valence-electron chi connectivity index (χ3n) is 6.73. The number of benzene rings is 3. The second-order valence-electron chi connectivity index (χ2n) is 9.83. The Hall–Kier alpha value is -4.99. The summed E-state index contributed by atoms with van der Waals surface area (Å²) in [6.07, 6.45) is 3.51. The summed E-state index contributed by atoms with van der Waals surface area (Å²) in [5.41, 5.74) is 4.31. The number of pyridine rings is 1. The summed E-state index contributed by atoms with van der Waals surface area (Å²) in [5.74, 6) is -0.344. The maximum atomic E-state index is 13.8. The van der Waals surface area contributed by atoms with E-state index in [0.29, 0.717) is 38.6 Å². The predicted molar refractivity (Wildman–Crippen MR) is 157 cm³/mol. The minimum absolute atomic E-state index is 0.107. The van der Waals surface area contributed by atoms with E-state index in [4.69, 9.17) is 11.6 Å². The standard InChI is InChI=1S/C31H26ClFN8/c1-19(2)41-18-28(39-40-41)30(21-8-10-23(33)11-9-21)37-24-14-25-29(22(16-35)17-36-31(25)26(32)15-24)38-27(12-13-34)20-6-4-3-5-7-20/h3-11,14-15,17-19,27,30,37H,12H2,1-2H3,(H,36,38). The molecular weight excluding hydrogens is 539 g/mol. The summed E-state index contributed by atoms with van der Waals surface area (Å²) >= 11 is 6.74. The summed E-state index contributed by atoms with van der Waals surface area (Å²) in [5, 5.41) is 36.0. The smallest absolute Gasteiger partial charge is 0.123 e. The van der Waals surface area contributed by atoms with Crippen molar-refractivity contribution in [3.8, 4) is 12.1 Å². The molecule has 41 heavy (non-hydrogen) atoms. The number of fused-ring (bicyclic) bond motifs is 1. The summed E-state index contributed by atoms with van der Waals surface area (Å²) < 4.78 is 15.5. The summed E-state index contributed by atoms with van der Waals surface area (Å²) in [6, 6.07) is 23.1. The van der Waals surface area contributed by atoms with Crippen LogP contribution in [0, 0.1) is 28.5 Å². The SMILES string of the molecule is CC(C)n1cc(C(Nc2cc(Cl)c3ncc(C#N)c(NC(CC#N)c4ccccc4)c3c2)c2ccc(F)cc2)nn1. The van der Waals surface area contributed by atoms with E-state index >= 15 is 0 Å². The van der Waals surface area contributed by atoms with Crippen LogP contribution in [0.25, 0.3) is 10.9 Å². The molecule has 2 heterocycles. The molecule has 5 aromatic rings. The molecule has 0 aliphatic carbocycles. The third-order valence-corrected chi connectivity index (χ3v) is 7.02. The highest BCUT2D eigenvalue weighted by molar-refractivity contribution is 6.35. The second-order valence-corrected chi connectivity index (χ2v) is 10.2. The first-order valence-electron chi connectivity index (χ1n) is 13.0. The topological polar surface area (TPSA) is 115 Å². The van der Waals surface area contributed by atoms with Crippen molar-refractivity contribution in [2.24, 2.45) is 0 Å². The third kappa shape index (κ3) is 5.96. The Morgan fingerprint density at radius 2 is 1.76 bits per heavy atom. The fraction of sp³-hybridized carbons (Fsp3) is 0.194. The van der Waals surface area contributed by atoms with Gasteiger partial charge in [0.25, 0.3) is 0 Å². The second kappa shape index (κ2) is 12.0. The lowest BCUT2D eigenvalue weighted by Gasteiger charge is -2.22. The van der Waals surface area contributed by atoms with Crippen LogP contribution in [0.3, 0.4) is 0 Å². The minimum Gasteiger partial charge on any atom is -0.376 e. The van der Waals surface area contributed by atoms with Gasteiger partial charge in [0.1, 0.15) is 17.6 Å². The van der Waals surface area contributed by atoms with Gasteiger partial charge in [-0.3, -0.25) is 4.98 Å². The molecule has 0 amide bonds. The lowest BCUT2D eigenvalue weighted by molar-refractivity contribution is 0.514. The Kier molecular flexibility index (Phi) is 8.09. The quantitative estimate of drug-likeness (QED) is 0.192. The van der Waals surface area contributed by atoms with E-state index in [0.717, 1.165) is 11.1 Å². The maximum absolute atomic E-state index is 13.8. The molecule has 10 heteroatoms. The number of halogens is 2. The molecule has 0 aliphatic rings. The molecule has 8 nitrogen and oxygen atoms in total. The van der Waals surface area contributed by atoms with E-state index < -0.39 is 6.04 Å². The Balaban J connectivity index is 1.61. The molecule has 0 saturated carbocycles. The highest BCUT2D eigenvalue weighted by Gasteiger charge is 2.22. The number of nitrogens with zero attached hydrogens (tertiary/aromatic N) is 6. The molecule has 0 aliphatic heterocycles. The molecule has 2 aromatic heterocycles. The van der Waals surface area contributed by atoms with Crippen molar-refractivity contribution >= 4 is 33.9 Å². The highest BCUT2D eigenvalue weighted by atomic mass is 35.5. The van der Waals surface area contributed by atoms with Gasteiger partial charge in [0.05, 0.1) is 52.6 Å². The molecule has 0 saturated heterocycles. The zero-order chi connectivity index (χ0) is 28.9. The van der Waals surface area contributed by atoms with E-state index in [1.165, 1.54) is 18.3 Å². The average molecular weight is 565 g/mol. The van der Waals surface area contributed by atoms with Crippen molar-refractivity contribution in [2.45, 2.75) is 38.4 Å². The molecule has 0 bridgehead atoms. The molecule has 0 spiro atoms. The van der Waals surface area contributed by atoms with Gasteiger partial charge in [-0.25, -0.2) is 9.07 Å². The number of rotatable bonds is 9. The number of hydrogen-bond donors (Lipinski definition) is 2. The zero-order valence-electron chi connectivity index (χ0n) is 22.4. The van der Waals surface area contributed by atoms with Gasteiger partial charge in [0.2, 0.25) is 0 Å². The Morgan fingerprint density at radius 1 is 1.00 bits per heavy atom. The number of hydrogen-bond acceptors (Lipinski definition) is 7. The zero-order valence-corrected chi connectivity index (χ0v) is 23.1. The fourth-order valence-corrected chi connectivity index (χ4v) is 4.88. The number of aromatic nitrogens is 4. The van der Waals surface area contributed by atoms with Crippen LogP contribution in [0.15, 0.2) is 79.1 Å². The summed E-state index contributed by atoms with van der Waals surface area (Å²) in [7, 11) is 0. The molecule has 2 unspecified atom stereocenters. The molecule has 5 rings (SSSR count). The lowest BCUT2D eigenvalue weighted by Crippen LogP contribution is -2.14. The van der Waals surface area contributed by atoms with E-state index in [-0.39, 0.29) is 24.3 Å². The highest BCUT2D eigenvalue weighted by Crippen LogP contribution is 2.37. The molecule has 204 valence electrons. The molecule has 2 N–H and O–H groups in total. The average Bonchev–Trinajstić information content (AvgIpc) is 3.47. The van der Waals surface area contributed by atoms with Crippen LogP contribution in [-0.4, -0.2) is 20.0 Å². The van der Waals surface area contributed by atoms with Gasteiger partial charge in [-0.1, -0.05) is 59.3 Å². The van der Waals surface area contributed by atoms with Gasteiger partial charge in [0.15, 0.2) is 0 Å². The first-order valence-corrected chi connectivity index (χ1v) is 13.4. The molecule has 0 fully saturated rings. The van der Waals surface area contributed by atoms with Crippen LogP contribution < -0.4 is 10.6 Å². The number of anilines is 2. The molecular formula is C31H26ClFN8. The minimum atomic E-state index is -0.476. The van der Waals surface area contributed by atoms with E-state index in [1.54, 1.807) is 22.9 Å². The van der Waals surface area contributed by atoms with E-state index in [2.05, 4.69) is 38.1 Å². The predicted octanol–water partition coefficient (Wildman–Crippen LogP) is 7.34. The van der Waals surface area contributed by atoms with Crippen LogP contribution in [0.2, 0.25) is 5.02 Å². The summed E-state index contributed by atoms with van der Waals surface area (Å²) in [4.78, 5) is 4.45. The maximum Gasteiger partial charge on any atom is 0.123 e. The Labute approximate surface area is 242 Å². The number of nitrogens with one attached hydrogen (secondary N) is 2. The lowest BCUT2D eigenvalue weighted by atomic mass is 10.0. The van der Waals surface area contributed by atoms with Gasteiger partial charge in [-0.2, -0.15) is 10.5 Å². The van der Waals surface area contributed by atoms with Crippen molar-refractivity contribution in [1.29, 1.82) is 10.5 Å². The van der Waals surface area contributed by atoms with Crippen molar-refractivity contribution in [1.82, 2.24) is 20.0 Å². The van der Waals surface area contributed by atoms with Crippen molar-refractivity contribution in [3.05, 3.63) is 112 Å². The first-order chi connectivity index (χ1) is 19.9. The van der Waals surface area contributed by atoms with Gasteiger partial charge < -0.3 is 10.6 Å². The van der Waals surface area contributed by atoms with E-state index in [1.807, 2.05) is 56.4 Å². The van der Waals surface area contributed by atoms with Crippen LogP contribution >= 0.6 is 11.6 Å². The van der Waals surface area contributed by atoms with E-state index in [9.17, 15) is 14.9 Å². The van der Waals surface area contributed by atoms with Gasteiger partial charge in [0, 0.05) is 23.3 Å². The number of nitriles is 2. The van der Waals surface area contributed by atoms with Crippen LogP contribution in [0.4, 0.5) is 15.8 Å². The normalized spacial score (nSPS) is 12.5. The van der Waals surface area contributed by atoms with Gasteiger partial charge >= 0.3 is 0 Å².